The van der Waals surface area contributed by atoms with Crippen LogP contribution >= 0.6 is 0 Å². The lowest BCUT2D eigenvalue weighted by Crippen LogP contribution is -2.42. The molecule has 0 saturated carbocycles. The average molecular weight is 251 g/mol. The fourth-order valence-electron chi connectivity index (χ4n) is 0.936. The third-order valence-corrected chi connectivity index (χ3v) is 3.03. The lowest BCUT2D eigenvalue weighted by atomic mass is 10.4. The van der Waals surface area contributed by atoms with Crippen molar-refractivity contribution < 1.29 is 12.8 Å². The number of guanidine groups is 1. The first kappa shape index (κ1) is 14.9. The van der Waals surface area contributed by atoms with Crippen LogP contribution in [0.15, 0.2) is 17.1 Å². The minimum atomic E-state index is -3.30. The van der Waals surface area contributed by atoms with E-state index < -0.39 is 16.7 Å². The molecule has 0 saturated heterocycles. The van der Waals surface area contributed by atoms with Gasteiger partial charge in [-0.25, -0.2) is 17.1 Å². The average Bonchev–Trinajstić information content (AvgIpc) is 2.21. The summed E-state index contributed by atoms with van der Waals surface area (Å²) in [6.07, 6.45) is 4.80. The quantitative estimate of drug-likeness (QED) is 0.332. The van der Waals surface area contributed by atoms with Gasteiger partial charge >= 0.3 is 0 Å². The fourth-order valence-corrected chi connectivity index (χ4v) is 1.40. The van der Waals surface area contributed by atoms with Crippen molar-refractivity contribution in [2.75, 3.05) is 33.6 Å². The minimum Gasteiger partial charge on any atom is -0.355 e. The Bertz CT molecular complexity index is 352. The van der Waals surface area contributed by atoms with Gasteiger partial charge in [0.2, 0.25) is 16.0 Å². The molecule has 0 amide bonds. The van der Waals surface area contributed by atoms with Gasteiger partial charge in [-0.05, 0) is 6.42 Å². The highest BCUT2D eigenvalue weighted by atomic mass is 32.2. The molecule has 16 heavy (non-hydrogen) atoms. The van der Waals surface area contributed by atoms with Gasteiger partial charge in [-0.15, -0.1) is 0 Å². The molecule has 0 aromatic heterocycles. The Morgan fingerprint density at radius 3 is 2.56 bits per heavy atom. The molecule has 0 heterocycles. The van der Waals surface area contributed by atoms with Crippen molar-refractivity contribution >= 4 is 16.0 Å². The third-order valence-electron chi connectivity index (χ3n) is 1.86. The number of sulfonamides is 1. The summed E-state index contributed by atoms with van der Waals surface area (Å²) in [7, 11) is -0.379. The standard InChI is InChI=1S/C9H18FN3O2S/c1-11-9(13(2)16(3,14)15)12-8-6-4-5-7-10/h4-5H,6-8H2,1-3H3,(H,11,12). The maximum atomic E-state index is 11.7. The molecule has 0 aromatic rings. The first-order valence-electron chi connectivity index (χ1n) is 4.79. The summed E-state index contributed by atoms with van der Waals surface area (Å²) in [5.74, 6) is 0.274. The van der Waals surface area contributed by atoms with Gasteiger partial charge in [-0.1, -0.05) is 12.2 Å². The van der Waals surface area contributed by atoms with E-state index in [-0.39, 0.29) is 5.96 Å². The van der Waals surface area contributed by atoms with Gasteiger partial charge in [0.05, 0.1) is 6.26 Å². The van der Waals surface area contributed by atoms with E-state index in [0.29, 0.717) is 13.0 Å². The van der Waals surface area contributed by atoms with Crippen molar-refractivity contribution in [2.45, 2.75) is 6.42 Å². The van der Waals surface area contributed by atoms with Crippen LogP contribution in [0.25, 0.3) is 0 Å². The molecule has 0 unspecified atom stereocenters. The number of allylic oxidation sites excluding steroid dienone is 1. The summed E-state index contributed by atoms with van der Waals surface area (Å²) >= 11 is 0. The molecule has 0 aliphatic rings. The molecule has 0 atom stereocenters. The monoisotopic (exact) mass is 251 g/mol. The summed E-state index contributed by atoms with van der Waals surface area (Å²) < 4.78 is 35.2. The molecule has 0 spiro atoms. The largest absolute Gasteiger partial charge is 0.355 e. The summed E-state index contributed by atoms with van der Waals surface area (Å²) in [5.41, 5.74) is 0. The summed E-state index contributed by atoms with van der Waals surface area (Å²) in [5, 5.41) is 2.86. The van der Waals surface area contributed by atoms with E-state index in [1.807, 2.05) is 0 Å². The Morgan fingerprint density at radius 1 is 1.50 bits per heavy atom. The first-order chi connectivity index (χ1) is 7.43. The number of nitrogens with zero attached hydrogens (tertiary/aromatic N) is 2. The number of nitrogens with one attached hydrogen (secondary N) is 1. The Morgan fingerprint density at radius 2 is 2.12 bits per heavy atom. The smallest absolute Gasteiger partial charge is 0.234 e. The SMILES string of the molecule is CN=C(NCCC=CCF)N(C)S(C)(=O)=O. The topological polar surface area (TPSA) is 61.8 Å². The van der Waals surface area contributed by atoms with Gasteiger partial charge in [-0.3, -0.25) is 4.99 Å². The van der Waals surface area contributed by atoms with E-state index in [1.165, 1.54) is 20.2 Å². The number of alkyl halides is 1. The van der Waals surface area contributed by atoms with Crippen LogP contribution < -0.4 is 5.32 Å². The molecule has 7 heteroatoms. The van der Waals surface area contributed by atoms with E-state index in [4.69, 9.17) is 0 Å². The Kier molecular flexibility index (Phi) is 6.71. The van der Waals surface area contributed by atoms with Crippen molar-refractivity contribution in [3.63, 3.8) is 0 Å². The maximum Gasteiger partial charge on any atom is 0.234 e. The van der Waals surface area contributed by atoms with Gasteiger partial charge in [0, 0.05) is 20.6 Å². The van der Waals surface area contributed by atoms with E-state index in [2.05, 4.69) is 10.3 Å². The number of rotatable bonds is 5. The number of halogens is 1. The lowest BCUT2D eigenvalue weighted by molar-refractivity contribution is 0.552. The highest BCUT2D eigenvalue weighted by molar-refractivity contribution is 7.88. The second kappa shape index (κ2) is 7.21. The van der Waals surface area contributed by atoms with Crippen molar-refractivity contribution in [1.29, 1.82) is 0 Å². The highest BCUT2D eigenvalue weighted by Gasteiger charge is 2.14. The number of hydrogen-bond donors (Lipinski definition) is 1. The third kappa shape index (κ3) is 5.69. The Hall–Kier alpha value is -1.11. The molecular formula is C9H18FN3O2S. The van der Waals surface area contributed by atoms with Crippen LogP contribution in [-0.2, 0) is 10.0 Å². The minimum absolute atomic E-state index is 0.274. The van der Waals surface area contributed by atoms with Crippen LogP contribution in [-0.4, -0.2) is 52.3 Å². The molecule has 0 fully saturated rings. The van der Waals surface area contributed by atoms with Crippen molar-refractivity contribution in [1.82, 2.24) is 9.62 Å². The van der Waals surface area contributed by atoms with E-state index in [9.17, 15) is 12.8 Å². The van der Waals surface area contributed by atoms with Gasteiger partial charge in [-0.2, -0.15) is 0 Å². The zero-order valence-corrected chi connectivity index (χ0v) is 10.6. The molecule has 1 N–H and O–H groups in total. The molecule has 94 valence electrons. The number of aliphatic imine (C=N–C) groups is 1. The molecule has 0 rings (SSSR count). The van der Waals surface area contributed by atoms with E-state index in [1.54, 1.807) is 6.08 Å². The zero-order chi connectivity index (χ0) is 12.6. The Balaban J connectivity index is 4.19. The van der Waals surface area contributed by atoms with Crippen LogP contribution in [0.3, 0.4) is 0 Å². The second-order valence-electron chi connectivity index (χ2n) is 3.12. The van der Waals surface area contributed by atoms with Crippen LogP contribution in [0, 0.1) is 0 Å². The highest BCUT2D eigenvalue weighted by Crippen LogP contribution is 1.94. The van der Waals surface area contributed by atoms with Gasteiger partial charge in [0.15, 0.2) is 0 Å². The summed E-state index contributed by atoms with van der Waals surface area (Å²) in [6, 6.07) is 0. The molecule has 0 aromatic carbocycles. The van der Waals surface area contributed by atoms with Crippen molar-refractivity contribution in [3.05, 3.63) is 12.2 Å². The Labute approximate surface area is 96.1 Å². The zero-order valence-electron chi connectivity index (χ0n) is 9.77. The first-order valence-corrected chi connectivity index (χ1v) is 6.63. The van der Waals surface area contributed by atoms with E-state index >= 15 is 0 Å². The summed E-state index contributed by atoms with van der Waals surface area (Å²) in [6.45, 7) is 0.0149. The fraction of sp³-hybridized carbons (Fsp3) is 0.667. The maximum absolute atomic E-state index is 11.7. The van der Waals surface area contributed by atoms with Gasteiger partial charge in [0.1, 0.15) is 6.67 Å². The number of hydrogen-bond acceptors (Lipinski definition) is 3. The molecular weight excluding hydrogens is 233 g/mol. The van der Waals surface area contributed by atoms with Gasteiger partial charge < -0.3 is 5.32 Å². The molecule has 0 aliphatic carbocycles. The van der Waals surface area contributed by atoms with Crippen LogP contribution in [0.4, 0.5) is 4.39 Å². The van der Waals surface area contributed by atoms with Crippen LogP contribution in [0.1, 0.15) is 6.42 Å². The van der Waals surface area contributed by atoms with Crippen molar-refractivity contribution in [2.24, 2.45) is 4.99 Å². The van der Waals surface area contributed by atoms with Crippen LogP contribution in [0.5, 0.6) is 0 Å². The molecule has 0 radical (unpaired) electrons. The molecule has 0 bridgehead atoms. The molecule has 0 aliphatic heterocycles. The summed E-state index contributed by atoms with van der Waals surface area (Å²) in [4.78, 5) is 3.83. The predicted molar refractivity (Wildman–Crippen MR) is 63.7 cm³/mol. The normalized spacial score (nSPS) is 13.1. The van der Waals surface area contributed by atoms with E-state index in [0.717, 1.165) is 10.6 Å². The second-order valence-corrected chi connectivity index (χ2v) is 5.13. The molecule has 5 nitrogen and oxygen atoms in total. The predicted octanol–water partition coefficient (Wildman–Crippen LogP) is 0.369. The van der Waals surface area contributed by atoms with Gasteiger partial charge in [0.25, 0.3) is 0 Å². The lowest BCUT2D eigenvalue weighted by Gasteiger charge is -2.19. The van der Waals surface area contributed by atoms with Crippen LogP contribution in [0.2, 0.25) is 0 Å². The van der Waals surface area contributed by atoms with Crippen molar-refractivity contribution in [3.8, 4) is 0 Å².